The van der Waals surface area contributed by atoms with Gasteiger partial charge in [-0.15, -0.1) is 0 Å². The number of H-pyrrole nitrogens is 1. The quantitative estimate of drug-likeness (QED) is 0.747. The Hall–Kier alpha value is -1.28. The monoisotopic (exact) mass is 189 g/mol. The molecule has 0 amide bonds. The van der Waals surface area contributed by atoms with Gasteiger partial charge >= 0.3 is 0 Å². The maximum absolute atomic E-state index is 9.26. The van der Waals surface area contributed by atoms with Gasteiger partial charge < -0.3 is 10.1 Å². The minimum Gasteiger partial charge on any atom is -0.395 e. The zero-order chi connectivity index (χ0) is 10.2. The Morgan fingerprint density at radius 3 is 2.79 bits per heavy atom. The smallest absolute Gasteiger partial charge is 0.0522 e. The fraction of sp³-hybridized carbons (Fsp3) is 0.333. The lowest BCUT2D eigenvalue weighted by atomic mass is 9.85. The Bertz CT molecular complexity index is 442. The standard InChI is InChI=1S/C12H15NO/c1-12(2,8-14)10-3-4-11-9(7-10)5-6-13-11/h3-7,13-14H,8H2,1-2H3. The summed E-state index contributed by atoms with van der Waals surface area (Å²) < 4.78 is 0. The molecule has 0 saturated heterocycles. The Kier molecular flexibility index (Phi) is 2.08. The van der Waals surface area contributed by atoms with Crippen LogP contribution in [0.15, 0.2) is 30.5 Å². The molecule has 0 radical (unpaired) electrons. The Morgan fingerprint density at radius 2 is 2.07 bits per heavy atom. The highest BCUT2D eigenvalue weighted by atomic mass is 16.3. The molecule has 74 valence electrons. The van der Waals surface area contributed by atoms with Gasteiger partial charge in [-0.2, -0.15) is 0 Å². The molecule has 0 saturated carbocycles. The number of hydrogen-bond acceptors (Lipinski definition) is 1. The lowest BCUT2D eigenvalue weighted by Gasteiger charge is -2.22. The molecule has 0 unspecified atom stereocenters. The van der Waals surface area contributed by atoms with Crippen LogP contribution in [0.1, 0.15) is 19.4 Å². The molecule has 2 aromatic rings. The first-order valence-electron chi connectivity index (χ1n) is 4.82. The van der Waals surface area contributed by atoms with Gasteiger partial charge in [-0.25, -0.2) is 0 Å². The highest BCUT2D eigenvalue weighted by molar-refractivity contribution is 5.80. The highest BCUT2D eigenvalue weighted by Crippen LogP contribution is 2.25. The third kappa shape index (κ3) is 1.42. The lowest BCUT2D eigenvalue weighted by Crippen LogP contribution is -2.21. The van der Waals surface area contributed by atoms with E-state index in [1.165, 1.54) is 10.9 Å². The van der Waals surface area contributed by atoms with E-state index in [0.29, 0.717) is 0 Å². The number of hydrogen-bond donors (Lipinski definition) is 2. The summed E-state index contributed by atoms with van der Waals surface area (Å²) in [6, 6.07) is 8.30. The molecule has 0 spiro atoms. The van der Waals surface area contributed by atoms with Gasteiger partial charge in [-0.3, -0.25) is 0 Å². The first-order valence-corrected chi connectivity index (χ1v) is 4.82. The van der Waals surface area contributed by atoms with Gasteiger partial charge in [0.1, 0.15) is 0 Å². The van der Waals surface area contributed by atoms with E-state index in [0.717, 1.165) is 5.52 Å². The van der Waals surface area contributed by atoms with Crippen LogP contribution in [0.5, 0.6) is 0 Å². The van der Waals surface area contributed by atoms with Crippen molar-refractivity contribution in [1.29, 1.82) is 0 Å². The van der Waals surface area contributed by atoms with Crippen LogP contribution in [0.25, 0.3) is 10.9 Å². The summed E-state index contributed by atoms with van der Waals surface area (Å²) in [5.74, 6) is 0. The van der Waals surface area contributed by atoms with E-state index in [1.807, 2.05) is 26.1 Å². The molecular formula is C12H15NO. The first kappa shape index (κ1) is 9.28. The second-order valence-electron chi connectivity index (χ2n) is 4.32. The normalized spacial score (nSPS) is 12.2. The van der Waals surface area contributed by atoms with Crippen molar-refractivity contribution in [3.05, 3.63) is 36.0 Å². The average molecular weight is 189 g/mol. The number of nitrogens with one attached hydrogen (secondary N) is 1. The van der Waals surface area contributed by atoms with Crippen molar-refractivity contribution in [3.8, 4) is 0 Å². The van der Waals surface area contributed by atoms with Crippen molar-refractivity contribution in [3.63, 3.8) is 0 Å². The number of benzene rings is 1. The van der Waals surface area contributed by atoms with Crippen LogP contribution in [0.4, 0.5) is 0 Å². The van der Waals surface area contributed by atoms with Crippen LogP contribution in [-0.4, -0.2) is 16.7 Å². The van der Waals surface area contributed by atoms with E-state index in [-0.39, 0.29) is 12.0 Å². The van der Waals surface area contributed by atoms with Crippen LogP contribution in [0.3, 0.4) is 0 Å². The molecule has 2 N–H and O–H groups in total. The molecule has 0 aliphatic carbocycles. The van der Waals surface area contributed by atoms with Gasteiger partial charge in [0.25, 0.3) is 0 Å². The molecule has 1 aromatic carbocycles. The maximum atomic E-state index is 9.26. The van der Waals surface area contributed by atoms with Gasteiger partial charge in [0.2, 0.25) is 0 Å². The van der Waals surface area contributed by atoms with Gasteiger partial charge in [-0.05, 0) is 29.1 Å². The number of aromatic nitrogens is 1. The minimum atomic E-state index is -0.161. The zero-order valence-electron chi connectivity index (χ0n) is 8.54. The minimum absolute atomic E-state index is 0.161. The number of rotatable bonds is 2. The van der Waals surface area contributed by atoms with Crippen molar-refractivity contribution < 1.29 is 5.11 Å². The molecular weight excluding hydrogens is 174 g/mol. The molecule has 1 aromatic heterocycles. The van der Waals surface area contributed by atoms with Crippen LogP contribution in [-0.2, 0) is 5.41 Å². The average Bonchev–Trinajstić information content (AvgIpc) is 2.64. The summed E-state index contributed by atoms with van der Waals surface area (Å²) in [4.78, 5) is 3.15. The second-order valence-corrected chi connectivity index (χ2v) is 4.32. The largest absolute Gasteiger partial charge is 0.395 e. The lowest BCUT2D eigenvalue weighted by molar-refractivity contribution is 0.218. The Labute approximate surface area is 83.6 Å². The molecule has 2 rings (SSSR count). The summed E-state index contributed by atoms with van der Waals surface area (Å²) in [6.07, 6.45) is 1.93. The van der Waals surface area contributed by atoms with Crippen molar-refractivity contribution >= 4 is 10.9 Å². The third-order valence-corrected chi connectivity index (χ3v) is 2.73. The fourth-order valence-electron chi connectivity index (χ4n) is 1.57. The summed E-state index contributed by atoms with van der Waals surface area (Å²) in [5.41, 5.74) is 2.15. The van der Waals surface area contributed by atoms with E-state index in [1.54, 1.807) is 0 Å². The van der Waals surface area contributed by atoms with Crippen LogP contribution >= 0.6 is 0 Å². The predicted octanol–water partition coefficient (Wildman–Crippen LogP) is 2.44. The predicted molar refractivity (Wildman–Crippen MR) is 58.4 cm³/mol. The number of fused-ring (bicyclic) bond motifs is 1. The topological polar surface area (TPSA) is 36.0 Å². The molecule has 1 heterocycles. The molecule has 0 fully saturated rings. The van der Waals surface area contributed by atoms with Gasteiger partial charge in [0.15, 0.2) is 0 Å². The van der Waals surface area contributed by atoms with Crippen molar-refractivity contribution in [2.75, 3.05) is 6.61 Å². The SMILES string of the molecule is CC(C)(CO)c1ccc2[nH]ccc2c1. The number of aromatic amines is 1. The van der Waals surface area contributed by atoms with E-state index < -0.39 is 0 Å². The van der Waals surface area contributed by atoms with Crippen LogP contribution in [0.2, 0.25) is 0 Å². The van der Waals surface area contributed by atoms with Crippen molar-refractivity contribution in [2.45, 2.75) is 19.3 Å². The number of aliphatic hydroxyl groups is 1. The first-order chi connectivity index (χ1) is 6.63. The fourth-order valence-corrected chi connectivity index (χ4v) is 1.57. The summed E-state index contributed by atoms with van der Waals surface area (Å²) in [7, 11) is 0. The van der Waals surface area contributed by atoms with E-state index in [4.69, 9.17) is 0 Å². The van der Waals surface area contributed by atoms with Gasteiger partial charge in [-0.1, -0.05) is 19.9 Å². The molecule has 14 heavy (non-hydrogen) atoms. The maximum Gasteiger partial charge on any atom is 0.0522 e. The second kappa shape index (κ2) is 3.14. The van der Waals surface area contributed by atoms with E-state index in [9.17, 15) is 5.11 Å². The van der Waals surface area contributed by atoms with Crippen molar-refractivity contribution in [2.24, 2.45) is 0 Å². The van der Waals surface area contributed by atoms with Crippen molar-refractivity contribution in [1.82, 2.24) is 4.98 Å². The highest BCUT2D eigenvalue weighted by Gasteiger charge is 2.19. The van der Waals surface area contributed by atoms with Crippen LogP contribution < -0.4 is 0 Å². The van der Waals surface area contributed by atoms with E-state index in [2.05, 4.69) is 23.2 Å². The van der Waals surface area contributed by atoms with Gasteiger partial charge in [0.05, 0.1) is 6.61 Å². The molecule has 0 atom stereocenters. The number of aliphatic hydroxyl groups excluding tert-OH is 1. The van der Waals surface area contributed by atoms with E-state index >= 15 is 0 Å². The molecule has 2 heteroatoms. The molecule has 2 nitrogen and oxygen atoms in total. The van der Waals surface area contributed by atoms with Crippen LogP contribution in [0, 0.1) is 0 Å². The van der Waals surface area contributed by atoms with Gasteiger partial charge in [0, 0.05) is 17.1 Å². The molecule has 0 aliphatic heterocycles. The summed E-state index contributed by atoms with van der Waals surface area (Å²) in [5, 5.41) is 10.5. The Balaban J connectivity index is 2.53. The summed E-state index contributed by atoms with van der Waals surface area (Å²) in [6.45, 7) is 4.25. The molecule has 0 aliphatic rings. The third-order valence-electron chi connectivity index (χ3n) is 2.73. The zero-order valence-corrected chi connectivity index (χ0v) is 8.54. The molecule has 0 bridgehead atoms. The summed E-state index contributed by atoms with van der Waals surface area (Å²) >= 11 is 0. The Morgan fingerprint density at radius 1 is 1.29 bits per heavy atom.